The summed E-state index contributed by atoms with van der Waals surface area (Å²) in [5.74, 6) is 0.526. The predicted octanol–water partition coefficient (Wildman–Crippen LogP) is -1.69. The zero-order valence-corrected chi connectivity index (χ0v) is 11.1. The molecule has 0 aromatic carbocycles. The average molecular weight is 288 g/mol. The van der Waals surface area contributed by atoms with Crippen LogP contribution in [0.5, 0.6) is 0 Å². The molecule has 0 bridgehead atoms. The van der Waals surface area contributed by atoms with Crippen molar-refractivity contribution in [3.63, 3.8) is 0 Å². The maximum Gasteiger partial charge on any atom is 0.304 e. The van der Waals surface area contributed by atoms with Crippen LogP contribution in [0.3, 0.4) is 0 Å². The van der Waals surface area contributed by atoms with Gasteiger partial charge < -0.3 is 10.4 Å². The summed E-state index contributed by atoms with van der Waals surface area (Å²) in [6, 6.07) is -0.673. The lowest BCUT2D eigenvalue weighted by molar-refractivity contribution is -0.138. The number of carbonyl (C=O) groups is 2. The summed E-state index contributed by atoms with van der Waals surface area (Å²) in [7, 11) is -3.23. The van der Waals surface area contributed by atoms with E-state index < -0.39 is 21.8 Å². The van der Waals surface area contributed by atoms with Crippen LogP contribution in [0.1, 0.15) is 6.42 Å². The molecule has 0 saturated carbocycles. The van der Waals surface area contributed by atoms with Gasteiger partial charge in [0.25, 0.3) is 0 Å². The fraction of sp³-hybridized carbons (Fsp3) is 0.636. The fourth-order valence-corrected chi connectivity index (χ4v) is 3.50. The first kappa shape index (κ1) is 15.5. The van der Waals surface area contributed by atoms with E-state index in [0.29, 0.717) is 0 Å². The van der Waals surface area contributed by atoms with Crippen LogP contribution >= 0.6 is 0 Å². The predicted molar refractivity (Wildman–Crippen MR) is 68.1 cm³/mol. The van der Waals surface area contributed by atoms with Crippen LogP contribution in [0.2, 0.25) is 0 Å². The van der Waals surface area contributed by atoms with E-state index in [1.165, 1.54) is 0 Å². The van der Waals surface area contributed by atoms with Crippen LogP contribution in [0, 0.1) is 12.3 Å². The Balaban J connectivity index is 2.66. The van der Waals surface area contributed by atoms with Crippen molar-refractivity contribution in [2.45, 2.75) is 12.5 Å². The van der Waals surface area contributed by atoms with E-state index in [9.17, 15) is 18.0 Å². The zero-order valence-electron chi connectivity index (χ0n) is 10.3. The van der Waals surface area contributed by atoms with E-state index in [-0.39, 0.29) is 43.5 Å². The Morgan fingerprint density at radius 1 is 1.47 bits per heavy atom. The summed E-state index contributed by atoms with van der Waals surface area (Å²) in [6.45, 7) is 0.202. The first-order valence-corrected chi connectivity index (χ1v) is 7.52. The van der Waals surface area contributed by atoms with Crippen LogP contribution < -0.4 is 5.32 Å². The quantitative estimate of drug-likeness (QED) is 0.585. The molecule has 0 aliphatic carbocycles. The summed E-state index contributed by atoms with van der Waals surface area (Å²) in [5, 5.41) is 11.2. The van der Waals surface area contributed by atoms with Crippen LogP contribution in [0.15, 0.2) is 0 Å². The Morgan fingerprint density at radius 2 is 2.16 bits per heavy atom. The lowest BCUT2D eigenvalue weighted by atomic mass is 10.2. The van der Waals surface area contributed by atoms with Crippen molar-refractivity contribution in [2.75, 3.05) is 31.1 Å². The van der Waals surface area contributed by atoms with E-state index in [4.69, 9.17) is 11.5 Å². The Kier molecular flexibility index (Phi) is 5.32. The van der Waals surface area contributed by atoms with E-state index in [1.54, 1.807) is 4.90 Å². The number of sulfone groups is 1. The summed E-state index contributed by atoms with van der Waals surface area (Å²) in [5.41, 5.74) is 0. The smallest absolute Gasteiger partial charge is 0.304 e. The normalized spacial score (nSPS) is 22.4. The van der Waals surface area contributed by atoms with Gasteiger partial charge in [0, 0.05) is 12.6 Å². The largest absolute Gasteiger partial charge is 0.481 e. The Hall–Kier alpha value is -1.59. The second-order valence-corrected chi connectivity index (χ2v) is 6.55. The highest BCUT2D eigenvalue weighted by Gasteiger charge is 2.33. The number of nitrogens with zero attached hydrogens (tertiary/aromatic N) is 1. The molecule has 0 spiro atoms. The first-order valence-electron chi connectivity index (χ1n) is 5.70. The minimum atomic E-state index is -3.23. The molecular formula is C11H16N2O5S. The van der Waals surface area contributed by atoms with E-state index in [1.807, 2.05) is 0 Å². The monoisotopic (exact) mass is 288 g/mol. The fourth-order valence-electron chi connectivity index (χ4n) is 1.91. The third-order valence-corrected chi connectivity index (χ3v) is 4.49. The third-order valence-electron chi connectivity index (χ3n) is 2.80. The van der Waals surface area contributed by atoms with Crippen LogP contribution in [-0.4, -0.2) is 67.5 Å². The molecule has 1 atom stereocenters. The second-order valence-electron chi connectivity index (χ2n) is 4.32. The summed E-state index contributed by atoms with van der Waals surface area (Å²) < 4.78 is 23.0. The maximum atomic E-state index is 11.5. The average Bonchev–Trinajstić information content (AvgIpc) is 2.29. The highest BCUT2D eigenvalue weighted by molar-refractivity contribution is 7.91. The molecule has 1 aliphatic heterocycles. The van der Waals surface area contributed by atoms with Crippen molar-refractivity contribution in [1.29, 1.82) is 0 Å². The number of nitrogens with one attached hydrogen (secondary N) is 1. The molecule has 1 aliphatic rings. The summed E-state index contributed by atoms with van der Waals surface area (Å²) >= 11 is 0. The Labute approximate surface area is 111 Å². The molecule has 0 radical (unpaired) electrons. The molecule has 0 aromatic heterocycles. The van der Waals surface area contributed by atoms with Crippen molar-refractivity contribution in [3.05, 3.63) is 0 Å². The Bertz CT molecular complexity index is 494. The molecule has 8 heteroatoms. The molecule has 1 amide bonds. The number of carbonyl (C=O) groups excluding carboxylic acids is 1. The number of carboxylic acid groups (broad SMARTS) is 1. The van der Waals surface area contributed by atoms with Gasteiger partial charge in [-0.3, -0.25) is 14.5 Å². The minimum Gasteiger partial charge on any atom is -0.481 e. The lowest BCUT2D eigenvalue weighted by Gasteiger charge is -2.33. The van der Waals surface area contributed by atoms with Crippen molar-refractivity contribution >= 4 is 21.7 Å². The van der Waals surface area contributed by atoms with Crippen molar-refractivity contribution < 1.29 is 23.1 Å². The molecule has 1 unspecified atom stereocenters. The molecule has 1 rings (SSSR count). The number of hydrogen-bond acceptors (Lipinski definition) is 5. The van der Waals surface area contributed by atoms with Crippen molar-refractivity contribution in [3.8, 4) is 12.3 Å². The van der Waals surface area contributed by atoms with Gasteiger partial charge in [-0.25, -0.2) is 8.42 Å². The highest BCUT2D eigenvalue weighted by Crippen LogP contribution is 2.14. The van der Waals surface area contributed by atoms with E-state index in [2.05, 4.69) is 11.2 Å². The van der Waals surface area contributed by atoms with Gasteiger partial charge in [-0.05, 0) is 0 Å². The van der Waals surface area contributed by atoms with Crippen molar-refractivity contribution in [2.24, 2.45) is 0 Å². The standard InChI is InChI=1S/C11H16N2O5S/c1-2-3-12-10(14)7-13-4-5-19(17,18)8-9(13)6-11(15)16/h1,9H,3-8H2,(H,12,14)(H,15,16). The second kappa shape index (κ2) is 6.54. The van der Waals surface area contributed by atoms with E-state index >= 15 is 0 Å². The van der Waals surface area contributed by atoms with Crippen LogP contribution in [-0.2, 0) is 19.4 Å². The Morgan fingerprint density at radius 3 is 2.74 bits per heavy atom. The van der Waals surface area contributed by atoms with Gasteiger partial charge in [0.05, 0.1) is 31.0 Å². The number of hydrogen-bond donors (Lipinski definition) is 2. The molecular weight excluding hydrogens is 272 g/mol. The molecule has 7 nitrogen and oxygen atoms in total. The highest BCUT2D eigenvalue weighted by atomic mass is 32.2. The van der Waals surface area contributed by atoms with Gasteiger partial charge in [-0.15, -0.1) is 6.42 Å². The van der Waals surface area contributed by atoms with E-state index in [0.717, 1.165) is 0 Å². The zero-order chi connectivity index (χ0) is 14.5. The minimum absolute atomic E-state index is 0.0465. The number of rotatable bonds is 5. The molecule has 2 N–H and O–H groups in total. The van der Waals surface area contributed by atoms with Gasteiger partial charge in [-0.2, -0.15) is 0 Å². The van der Waals surface area contributed by atoms with Gasteiger partial charge in [-0.1, -0.05) is 5.92 Å². The SMILES string of the molecule is C#CCNC(=O)CN1CCS(=O)(=O)CC1CC(=O)O. The van der Waals surface area contributed by atoms with Crippen LogP contribution in [0.25, 0.3) is 0 Å². The molecule has 1 saturated heterocycles. The van der Waals surface area contributed by atoms with Crippen molar-refractivity contribution in [1.82, 2.24) is 10.2 Å². The first-order chi connectivity index (χ1) is 8.84. The molecule has 0 aromatic rings. The molecule has 1 heterocycles. The number of amides is 1. The molecule has 106 valence electrons. The van der Waals surface area contributed by atoms with Crippen LogP contribution in [0.4, 0.5) is 0 Å². The molecule has 1 fully saturated rings. The van der Waals surface area contributed by atoms with Gasteiger partial charge in [0.15, 0.2) is 9.84 Å². The van der Waals surface area contributed by atoms with Gasteiger partial charge in [0.1, 0.15) is 0 Å². The topological polar surface area (TPSA) is 104 Å². The lowest BCUT2D eigenvalue weighted by Crippen LogP contribution is -2.52. The van der Waals surface area contributed by atoms with Gasteiger partial charge in [0.2, 0.25) is 5.91 Å². The maximum absolute atomic E-state index is 11.5. The summed E-state index contributed by atoms with van der Waals surface area (Å²) in [4.78, 5) is 23.8. The number of carboxylic acids is 1. The number of terminal acetylenes is 1. The third kappa shape index (κ3) is 5.28. The van der Waals surface area contributed by atoms with Gasteiger partial charge >= 0.3 is 5.97 Å². The number of aliphatic carboxylic acids is 1. The molecule has 19 heavy (non-hydrogen) atoms. The summed E-state index contributed by atoms with van der Waals surface area (Å²) in [6.07, 6.45) is 4.70.